The van der Waals surface area contributed by atoms with Crippen LogP contribution < -0.4 is 4.74 Å². The first-order valence-electron chi connectivity index (χ1n) is 5.34. The Bertz CT molecular complexity index is 482. The second-order valence-corrected chi connectivity index (χ2v) is 4.44. The number of phenols is 1. The maximum Gasteiger partial charge on any atom is 0.130 e. The van der Waals surface area contributed by atoms with Gasteiger partial charge in [0, 0.05) is 11.1 Å². The minimum absolute atomic E-state index is 0.259. The highest BCUT2D eigenvalue weighted by molar-refractivity contribution is 5.58. The molecule has 1 aromatic rings. The summed E-state index contributed by atoms with van der Waals surface area (Å²) >= 11 is 0. The van der Waals surface area contributed by atoms with Gasteiger partial charge in [-0.25, -0.2) is 0 Å². The number of phenolic OH excluding ortho intramolecular Hbond substituents is 1. The van der Waals surface area contributed by atoms with E-state index in [1.807, 2.05) is 19.9 Å². The van der Waals surface area contributed by atoms with Crippen molar-refractivity contribution in [3.8, 4) is 17.6 Å². The smallest absolute Gasteiger partial charge is 0.130 e. The van der Waals surface area contributed by atoms with Crippen LogP contribution in [0, 0.1) is 25.2 Å². The van der Waals surface area contributed by atoms with Crippen LogP contribution >= 0.6 is 0 Å². The van der Waals surface area contributed by atoms with Crippen LogP contribution in [0.5, 0.6) is 11.5 Å². The van der Waals surface area contributed by atoms with Crippen molar-refractivity contribution in [3.63, 3.8) is 0 Å². The molecule has 84 valence electrons. The molecule has 1 aromatic carbocycles. The Hall–Kier alpha value is -1.69. The highest BCUT2D eigenvalue weighted by Gasteiger charge is 2.47. The molecule has 0 spiro atoms. The predicted octanol–water partition coefficient (Wildman–Crippen LogP) is 2.57. The fraction of sp³-hybridized carbons (Fsp3) is 0.462. The second-order valence-electron chi connectivity index (χ2n) is 4.44. The molecule has 0 saturated heterocycles. The van der Waals surface area contributed by atoms with Gasteiger partial charge in [0.15, 0.2) is 0 Å². The van der Waals surface area contributed by atoms with Crippen molar-refractivity contribution >= 4 is 0 Å². The number of hydrogen-bond donors (Lipinski definition) is 1. The Morgan fingerprint density at radius 2 is 2.06 bits per heavy atom. The van der Waals surface area contributed by atoms with E-state index in [9.17, 15) is 10.4 Å². The molecule has 0 radical (unpaired) electrons. The van der Waals surface area contributed by atoms with E-state index in [-0.39, 0.29) is 11.2 Å². The number of aryl methyl sites for hydroxylation is 1. The lowest BCUT2D eigenvalue weighted by atomic mass is 9.92. The van der Waals surface area contributed by atoms with Gasteiger partial charge in [-0.15, -0.1) is 0 Å². The van der Waals surface area contributed by atoms with E-state index in [0.29, 0.717) is 5.75 Å². The fourth-order valence-electron chi connectivity index (χ4n) is 2.14. The van der Waals surface area contributed by atoms with E-state index in [0.717, 1.165) is 29.5 Å². The lowest BCUT2D eigenvalue weighted by Gasteiger charge is -2.17. The van der Waals surface area contributed by atoms with Gasteiger partial charge >= 0.3 is 0 Å². The first-order valence-corrected chi connectivity index (χ1v) is 5.34. The quantitative estimate of drug-likeness (QED) is 0.828. The monoisotopic (exact) mass is 217 g/mol. The zero-order valence-corrected chi connectivity index (χ0v) is 9.79. The molecule has 0 atom stereocenters. The third kappa shape index (κ3) is 1.34. The average molecular weight is 217 g/mol. The number of methoxy groups -OCH3 is 1. The first-order chi connectivity index (χ1) is 7.55. The number of rotatable bonds is 2. The summed E-state index contributed by atoms with van der Waals surface area (Å²) < 4.78 is 5.33. The molecular formula is C13H15NO2. The average Bonchev–Trinajstić information content (AvgIpc) is 3.06. The molecule has 1 aliphatic carbocycles. The number of benzene rings is 1. The SMILES string of the molecule is COc1c(C2(C#N)CC2)cc(C)c(O)c1C. The van der Waals surface area contributed by atoms with E-state index in [2.05, 4.69) is 6.07 Å². The van der Waals surface area contributed by atoms with E-state index >= 15 is 0 Å². The summed E-state index contributed by atoms with van der Waals surface area (Å²) in [6.07, 6.45) is 1.76. The Kier molecular flexibility index (Phi) is 2.31. The van der Waals surface area contributed by atoms with Crippen molar-refractivity contribution in [2.75, 3.05) is 7.11 Å². The summed E-state index contributed by atoms with van der Waals surface area (Å²) in [5.74, 6) is 0.913. The fourth-order valence-corrected chi connectivity index (χ4v) is 2.14. The van der Waals surface area contributed by atoms with Gasteiger partial charge in [-0.3, -0.25) is 0 Å². The number of hydrogen-bond acceptors (Lipinski definition) is 3. The Morgan fingerprint density at radius 3 is 2.50 bits per heavy atom. The van der Waals surface area contributed by atoms with Gasteiger partial charge in [-0.05, 0) is 38.3 Å². The van der Waals surface area contributed by atoms with Crippen LogP contribution in [0.1, 0.15) is 29.5 Å². The van der Waals surface area contributed by atoms with Crippen molar-refractivity contribution in [1.29, 1.82) is 5.26 Å². The summed E-state index contributed by atoms with van der Waals surface area (Å²) in [7, 11) is 1.58. The third-order valence-corrected chi connectivity index (χ3v) is 3.36. The van der Waals surface area contributed by atoms with E-state index < -0.39 is 0 Å². The highest BCUT2D eigenvalue weighted by atomic mass is 16.5. The maximum absolute atomic E-state index is 9.84. The lowest BCUT2D eigenvalue weighted by molar-refractivity contribution is 0.395. The summed E-state index contributed by atoms with van der Waals surface area (Å²) in [5.41, 5.74) is 2.06. The van der Waals surface area contributed by atoms with E-state index in [4.69, 9.17) is 4.74 Å². The van der Waals surface area contributed by atoms with Crippen molar-refractivity contribution in [2.45, 2.75) is 32.1 Å². The van der Waals surface area contributed by atoms with Crippen LogP contribution in [0.3, 0.4) is 0 Å². The molecule has 1 aliphatic rings. The molecule has 0 aliphatic heterocycles. The molecule has 0 heterocycles. The molecule has 2 rings (SSSR count). The van der Waals surface area contributed by atoms with Crippen LogP contribution in [0.4, 0.5) is 0 Å². The van der Waals surface area contributed by atoms with Crippen LogP contribution in [0.15, 0.2) is 6.07 Å². The summed E-state index contributed by atoms with van der Waals surface area (Å²) in [6, 6.07) is 4.23. The Morgan fingerprint density at radius 1 is 1.44 bits per heavy atom. The molecule has 3 nitrogen and oxygen atoms in total. The number of nitrogens with zero attached hydrogens (tertiary/aromatic N) is 1. The Balaban J connectivity index is 2.67. The van der Waals surface area contributed by atoms with E-state index in [1.165, 1.54) is 0 Å². The summed E-state index contributed by atoms with van der Waals surface area (Å²) in [4.78, 5) is 0. The lowest BCUT2D eigenvalue weighted by Crippen LogP contribution is -2.07. The maximum atomic E-state index is 9.84. The third-order valence-electron chi connectivity index (χ3n) is 3.36. The van der Waals surface area contributed by atoms with E-state index in [1.54, 1.807) is 7.11 Å². The van der Waals surface area contributed by atoms with Crippen LogP contribution in [-0.4, -0.2) is 12.2 Å². The zero-order valence-electron chi connectivity index (χ0n) is 9.79. The molecule has 0 aromatic heterocycles. The van der Waals surface area contributed by atoms with Gasteiger partial charge < -0.3 is 9.84 Å². The summed E-state index contributed by atoms with van der Waals surface area (Å²) in [6.45, 7) is 3.66. The topological polar surface area (TPSA) is 53.2 Å². The molecule has 0 amide bonds. The standard InChI is InChI=1S/C13H15NO2/c1-8-6-10(13(7-14)4-5-13)12(16-3)9(2)11(8)15/h6,15H,4-5H2,1-3H3. The molecule has 16 heavy (non-hydrogen) atoms. The Labute approximate surface area is 95.3 Å². The molecule has 3 heteroatoms. The van der Waals surface area contributed by atoms with Crippen LogP contribution in [0.25, 0.3) is 0 Å². The summed E-state index contributed by atoms with van der Waals surface area (Å²) in [5, 5.41) is 19.1. The molecule has 1 saturated carbocycles. The number of ether oxygens (including phenoxy) is 1. The minimum atomic E-state index is -0.380. The van der Waals surface area contributed by atoms with Crippen molar-refractivity contribution in [1.82, 2.24) is 0 Å². The van der Waals surface area contributed by atoms with Gasteiger partial charge in [-0.2, -0.15) is 5.26 Å². The normalized spacial score (nSPS) is 16.6. The largest absolute Gasteiger partial charge is 0.507 e. The molecular weight excluding hydrogens is 202 g/mol. The minimum Gasteiger partial charge on any atom is -0.507 e. The van der Waals surface area contributed by atoms with Crippen molar-refractivity contribution < 1.29 is 9.84 Å². The van der Waals surface area contributed by atoms with Crippen LogP contribution in [0.2, 0.25) is 0 Å². The van der Waals surface area contributed by atoms with Crippen LogP contribution in [-0.2, 0) is 5.41 Å². The number of nitriles is 1. The molecule has 0 bridgehead atoms. The zero-order chi connectivity index (χ0) is 11.9. The van der Waals surface area contributed by atoms with Crippen molar-refractivity contribution in [2.24, 2.45) is 0 Å². The number of aromatic hydroxyl groups is 1. The first kappa shape index (κ1) is 10.8. The highest BCUT2D eigenvalue weighted by Crippen LogP contribution is 2.52. The van der Waals surface area contributed by atoms with Gasteiger partial charge in [0.1, 0.15) is 11.5 Å². The molecule has 1 N–H and O–H groups in total. The predicted molar refractivity (Wildman–Crippen MR) is 60.7 cm³/mol. The van der Waals surface area contributed by atoms with Gasteiger partial charge in [0.25, 0.3) is 0 Å². The second kappa shape index (κ2) is 3.41. The van der Waals surface area contributed by atoms with Gasteiger partial charge in [0.05, 0.1) is 18.6 Å². The van der Waals surface area contributed by atoms with Gasteiger partial charge in [-0.1, -0.05) is 0 Å². The molecule has 1 fully saturated rings. The van der Waals surface area contributed by atoms with Crippen molar-refractivity contribution in [3.05, 3.63) is 22.8 Å². The molecule has 0 unspecified atom stereocenters. The van der Waals surface area contributed by atoms with Gasteiger partial charge in [0.2, 0.25) is 0 Å².